The molecule has 0 spiro atoms. The van der Waals surface area contributed by atoms with Crippen LogP contribution in [0, 0.1) is 18.3 Å². The summed E-state index contributed by atoms with van der Waals surface area (Å²) in [6.07, 6.45) is 5.70. The first-order chi connectivity index (χ1) is 11.0. The van der Waals surface area contributed by atoms with E-state index in [1.165, 1.54) is 5.56 Å². The average Bonchev–Trinajstić information content (AvgIpc) is 2.53. The lowest BCUT2D eigenvalue weighted by atomic mass is 10.1. The zero-order chi connectivity index (χ0) is 17.1. The number of methoxy groups -OCH3 is 1. The van der Waals surface area contributed by atoms with Crippen molar-refractivity contribution in [1.29, 1.82) is 0 Å². The lowest BCUT2D eigenvalue weighted by Gasteiger charge is -2.26. The summed E-state index contributed by atoms with van der Waals surface area (Å²) < 4.78 is 10.4. The lowest BCUT2D eigenvalue weighted by Crippen LogP contribution is -2.35. The molecule has 0 aliphatic rings. The normalized spacial score (nSPS) is 12.4. The molecule has 0 bridgehead atoms. The number of hydrogen-bond acceptors (Lipinski definition) is 4. The van der Waals surface area contributed by atoms with Crippen molar-refractivity contribution in [3.05, 3.63) is 29.8 Å². The molecule has 1 unspecified atom stereocenters. The molecule has 0 aromatic heterocycles. The SMILES string of the molecule is C#CCOCC(O)CN(CCC(C)C)Cc1ccc(OC)cc1. The van der Waals surface area contributed by atoms with E-state index in [1.54, 1.807) is 7.11 Å². The molecule has 1 aromatic carbocycles. The first-order valence-corrected chi connectivity index (χ1v) is 8.09. The monoisotopic (exact) mass is 319 g/mol. The smallest absolute Gasteiger partial charge is 0.118 e. The maximum Gasteiger partial charge on any atom is 0.118 e. The Balaban J connectivity index is 2.57. The van der Waals surface area contributed by atoms with Gasteiger partial charge in [0.1, 0.15) is 12.4 Å². The minimum Gasteiger partial charge on any atom is -0.497 e. The Morgan fingerprint density at radius 3 is 2.52 bits per heavy atom. The third kappa shape index (κ3) is 8.61. The van der Waals surface area contributed by atoms with Gasteiger partial charge in [0.25, 0.3) is 0 Å². The predicted octanol–water partition coefficient (Wildman–Crippen LogP) is 2.55. The Morgan fingerprint density at radius 2 is 1.96 bits per heavy atom. The molecule has 0 heterocycles. The van der Waals surface area contributed by atoms with Crippen LogP contribution < -0.4 is 4.74 Å². The van der Waals surface area contributed by atoms with E-state index in [0.29, 0.717) is 12.5 Å². The Labute approximate surface area is 140 Å². The molecule has 1 N–H and O–H groups in total. The summed E-state index contributed by atoms with van der Waals surface area (Å²) in [5, 5.41) is 10.1. The summed E-state index contributed by atoms with van der Waals surface area (Å²) in [6.45, 7) is 7.23. The number of terminal acetylenes is 1. The molecule has 23 heavy (non-hydrogen) atoms. The van der Waals surface area contributed by atoms with Gasteiger partial charge in [-0.25, -0.2) is 0 Å². The second-order valence-corrected chi connectivity index (χ2v) is 6.14. The lowest BCUT2D eigenvalue weighted by molar-refractivity contribution is 0.0252. The van der Waals surface area contributed by atoms with Crippen LogP contribution in [0.4, 0.5) is 0 Å². The van der Waals surface area contributed by atoms with Crippen molar-refractivity contribution in [2.24, 2.45) is 5.92 Å². The van der Waals surface area contributed by atoms with Gasteiger partial charge in [-0.2, -0.15) is 0 Å². The van der Waals surface area contributed by atoms with Crippen molar-refractivity contribution >= 4 is 0 Å². The molecule has 4 nitrogen and oxygen atoms in total. The van der Waals surface area contributed by atoms with Crippen molar-refractivity contribution in [1.82, 2.24) is 4.90 Å². The maximum atomic E-state index is 10.1. The van der Waals surface area contributed by atoms with Gasteiger partial charge in [-0.1, -0.05) is 31.9 Å². The Bertz CT molecular complexity index is 464. The zero-order valence-electron chi connectivity index (χ0n) is 14.5. The van der Waals surface area contributed by atoms with Gasteiger partial charge in [0, 0.05) is 13.1 Å². The molecule has 1 atom stereocenters. The highest BCUT2D eigenvalue weighted by molar-refractivity contribution is 5.27. The third-order valence-electron chi connectivity index (χ3n) is 3.55. The molecule has 0 radical (unpaired) electrons. The number of hydrogen-bond donors (Lipinski definition) is 1. The van der Waals surface area contributed by atoms with E-state index in [0.717, 1.165) is 25.3 Å². The Morgan fingerprint density at radius 1 is 1.26 bits per heavy atom. The van der Waals surface area contributed by atoms with Gasteiger partial charge < -0.3 is 14.6 Å². The second kappa shape index (κ2) is 11.1. The van der Waals surface area contributed by atoms with Gasteiger partial charge in [0.2, 0.25) is 0 Å². The largest absolute Gasteiger partial charge is 0.497 e. The summed E-state index contributed by atoms with van der Waals surface area (Å²) in [6, 6.07) is 8.04. The van der Waals surface area contributed by atoms with Crippen LogP contribution in [-0.4, -0.2) is 49.5 Å². The highest BCUT2D eigenvalue weighted by Crippen LogP contribution is 2.14. The number of nitrogens with zero attached hydrogens (tertiary/aromatic N) is 1. The molecular formula is C19H29NO3. The standard InChI is InChI=1S/C19H29NO3/c1-5-12-23-15-18(21)14-20(11-10-16(2)3)13-17-6-8-19(22-4)9-7-17/h1,6-9,16,18,21H,10-15H2,2-4H3. The predicted molar refractivity (Wildman–Crippen MR) is 93.4 cm³/mol. The fraction of sp³-hybridized carbons (Fsp3) is 0.579. The van der Waals surface area contributed by atoms with Crippen LogP contribution in [0.2, 0.25) is 0 Å². The Kier molecular flexibility index (Phi) is 9.39. The highest BCUT2D eigenvalue weighted by Gasteiger charge is 2.13. The molecule has 0 amide bonds. The molecular weight excluding hydrogens is 290 g/mol. The van der Waals surface area contributed by atoms with Crippen molar-refractivity contribution in [3.63, 3.8) is 0 Å². The molecule has 0 aliphatic carbocycles. The van der Waals surface area contributed by atoms with Gasteiger partial charge in [-0.3, -0.25) is 4.90 Å². The quantitative estimate of drug-likeness (QED) is 0.503. The van der Waals surface area contributed by atoms with Gasteiger partial charge >= 0.3 is 0 Å². The minimum absolute atomic E-state index is 0.238. The van der Waals surface area contributed by atoms with Crippen molar-refractivity contribution in [2.75, 3.05) is 33.4 Å². The molecule has 0 aliphatic heterocycles. The maximum absolute atomic E-state index is 10.1. The number of aliphatic hydroxyl groups is 1. The van der Waals surface area contributed by atoms with E-state index >= 15 is 0 Å². The fourth-order valence-electron chi connectivity index (χ4n) is 2.27. The molecule has 4 heteroatoms. The topological polar surface area (TPSA) is 41.9 Å². The van der Waals surface area contributed by atoms with E-state index in [-0.39, 0.29) is 13.2 Å². The molecule has 0 saturated heterocycles. The van der Waals surface area contributed by atoms with E-state index in [9.17, 15) is 5.11 Å². The molecule has 1 aromatic rings. The van der Waals surface area contributed by atoms with Crippen LogP contribution in [0.1, 0.15) is 25.8 Å². The first kappa shape index (κ1) is 19.5. The summed E-state index contributed by atoms with van der Waals surface area (Å²) in [7, 11) is 1.66. The molecule has 1 rings (SSSR count). The van der Waals surface area contributed by atoms with E-state index < -0.39 is 6.10 Å². The molecule has 0 saturated carbocycles. The number of ether oxygens (including phenoxy) is 2. The van der Waals surface area contributed by atoms with E-state index in [1.807, 2.05) is 12.1 Å². The van der Waals surface area contributed by atoms with Crippen molar-refractivity contribution in [3.8, 4) is 18.1 Å². The van der Waals surface area contributed by atoms with Gasteiger partial charge in [-0.15, -0.1) is 6.42 Å². The molecule has 128 valence electrons. The van der Waals surface area contributed by atoms with Crippen molar-refractivity contribution < 1.29 is 14.6 Å². The summed E-state index contributed by atoms with van der Waals surface area (Å²) in [5.74, 6) is 3.89. The Hall–Kier alpha value is -1.54. The zero-order valence-corrected chi connectivity index (χ0v) is 14.5. The highest BCUT2D eigenvalue weighted by atomic mass is 16.5. The number of benzene rings is 1. The van der Waals surface area contributed by atoms with Crippen LogP contribution in [0.25, 0.3) is 0 Å². The van der Waals surface area contributed by atoms with Crippen LogP contribution >= 0.6 is 0 Å². The van der Waals surface area contributed by atoms with Crippen molar-refractivity contribution in [2.45, 2.75) is 32.9 Å². The van der Waals surface area contributed by atoms with Crippen LogP contribution in [0.15, 0.2) is 24.3 Å². The third-order valence-corrected chi connectivity index (χ3v) is 3.55. The van der Waals surface area contributed by atoms with Gasteiger partial charge in [0.15, 0.2) is 0 Å². The van der Waals surface area contributed by atoms with Crippen LogP contribution in [-0.2, 0) is 11.3 Å². The number of rotatable bonds is 11. The summed E-state index contributed by atoms with van der Waals surface area (Å²) >= 11 is 0. The average molecular weight is 319 g/mol. The summed E-state index contributed by atoms with van der Waals surface area (Å²) in [4.78, 5) is 2.26. The minimum atomic E-state index is -0.534. The van der Waals surface area contributed by atoms with E-state index in [4.69, 9.17) is 15.9 Å². The second-order valence-electron chi connectivity index (χ2n) is 6.14. The first-order valence-electron chi connectivity index (χ1n) is 8.09. The fourth-order valence-corrected chi connectivity index (χ4v) is 2.27. The van der Waals surface area contributed by atoms with E-state index in [2.05, 4.69) is 36.8 Å². The molecule has 0 fully saturated rings. The van der Waals surface area contributed by atoms with Gasteiger partial charge in [-0.05, 0) is 36.6 Å². The van der Waals surface area contributed by atoms with Gasteiger partial charge in [0.05, 0.1) is 19.8 Å². The van der Waals surface area contributed by atoms with Crippen LogP contribution in [0.5, 0.6) is 5.75 Å². The summed E-state index contributed by atoms with van der Waals surface area (Å²) in [5.41, 5.74) is 1.20. The van der Waals surface area contributed by atoms with Crippen LogP contribution in [0.3, 0.4) is 0 Å². The number of aliphatic hydroxyl groups excluding tert-OH is 1.